The third-order valence-corrected chi connectivity index (χ3v) is 4.17. The highest BCUT2D eigenvalue weighted by atomic mass is 16.5. The molecule has 0 bridgehead atoms. The predicted octanol–water partition coefficient (Wildman–Crippen LogP) is 3.57. The Morgan fingerprint density at radius 1 is 1.17 bits per heavy atom. The smallest absolute Gasteiger partial charge is 0.268 e. The number of anilines is 2. The molecule has 1 amide bonds. The maximum absolute atomic E-state index is 13.0. The number of carbonyl (C=O) groups excluding carboxylic acids is 1. The molecule has 4 nitrogen and oxygen atoms in total. The number of rotatable bonds is 4. The predicted molar refractivity (Wildman–Crippen MR) is 97.3 cm³/mol. The van der Waals surface area contributed by atoms with E-state index in [0.717, 1.165) is 17.0 Å². The molecule has 0 aliphatic carbocycles. The van der Waals surface area contributed by atoms with Crippen LogP contribution in [0.15, 0.2) is 42.5 Å². The summed E-state index contributed by atoms with van der Waals surface area (Å²) >= 11 is 0. The monoisotopic (exact) mass is 324 g/mol. The van der Waals surface area contributed by atoms with E-state index in [1.165, 1.54) is 5.56 Å². The van der Waals surface area contributed by atoms with Crippen molar-refractivity contribution in [2.24, 2.45) is 5.92 Å². The minimum absolute atomic E-state index is 0.00220. The number of hydrogen-bond acceptors (Lipinski definition) is 3. The summed E-state index contributed by atoms with van der Waals surface area (Å²) in [6, 6.07) is 13.7. The number of nitrogens with two attached hydrogens (primary N) is 1. The van der Waals surface area contributed by atoms with Crippen LogP contribution in [0.3, 0.4) is 0 Å². The number of hydrogen-bond donors (Lipinski definition) is 1. The number of carbonyl (C=O) groups is 1. The van der Waals surface area contributed by atoms with Gasteiger partial charge in [-0.1, -0.05) is 43.7 Å². The van der Waals surface area contributed by atoms with Crippen molar-refractivity contribution in [3.05, 3.63) is 53.6 Å². The summed E-state index contributed by atoms with van der Waals surface area (Å²) in [6.07, 6.45) is 0.0694. The van der Waals surface area contributed by atoms with Gasteiger partial charge in [0.05, 0.1) is 5.69 Å². The van der Waals surface area contributed by atoms with E-state index in [1.54, 1.807) is 0 Å². The van der Waals surface area contributed by atoms with Gasteiger partial charge in [-0.25, -0.2) is 0 Å². The van der Waals surface area contributed by atoms with Crippen molar-refractivity contribution >= 4 is 17.3 Å². The summed E-state index contributed by atoms with van der Waals surface area (Å²) < 4.78 is 6.00. The first kappa shape index (κ1) is 16.4. The van der Waals surface area contributed by atoms with Gasteiger partial charge in [0, 0.05) is 18.7 Å². The summed E-state index contributed by atoms with van der Waals surface area (Å²) in [6.45, 7) is 6.91. The highest BCUT2D eigenvalue weighted by Gasteiger charge is 2.34. The number of benzene rings is 2. The molecule has 4 heteroatoms. The molecule has 0 aromatic heterocycles. The van der Waals surface area contributed by atoms with Gasteiger partial charge in [-0.3, -0.25) is 4.79 Å². The van der Waals surface area contributed by atoms with Crippen LogP contribution in [0.25, 0.3) is 0 Å². The average molecular weight is 324 g/mol. The van der Waals surface area contributed by atoms with Gasteiger partial charge in [0.15, 0.2) is 6.10 Å². The normalized spacial score (nSPS) is 16.9. The lowest BCUT2D eigenvalue weighted by atomic mass is 10.0. The van der Waals surface area contributed by atoms with Crippen LogP contribution in [0.1, 0.15) is 25.0 Å². The number of fused-ring (bicyclic) bond motifs is 1. The molecule has 3 rings (SSSR count). The zero-order valence-corrected chi connectivity index (χ0v) is 14.5. The highest BCUT2D eigenvalue weighted by molar-refractivity contribution is 6.00. The maximum Gasteiger partial charge on any atom is 0.268 e. The first-order valence-corrected chi connectivity index (χ1v) is 8.37. The van der Waals surface area contributed by atoms with Crippen molar-refractivity contribution in [1.82, 2.24) is 0 Å². The molecule has 2 aromatic rings. The first-order chi connectivity index (χ1) is 11.4. The SMILES string of the molecule is Cc1ccc(CC2Oc3ccc(N)cc3N(CC(C)C)C2=O)cc1. The molecule has 0 saturated carbocycles. The van der Waals surface area contributed by atoms with Gasteiger partial charge in [0.1, 0.15) is 5.75 Å². The second-order valence-corrected chi connectivity index (χ2v) is 6.87. The topological polar surface area (TPSA) is 55.6 Å². The molecule has 1 unspecified atom stereocenters. The molecule has 24 heavy (non-hydrogen) atoms. The Balaban J connectivity index is 1.90. The fraction of sp³-hybridized carbons (Fsp3) is 0.350. The van der Waals surface area contributed by atoms with E-state index in [-0.39, 0.29) is 5.91 Å². The van der Waals surface area contributed by atoms with Crippen molar-refractivity contribution in [2.75, 3.05) is 17.2 Å². The average Bonchev–Trinajstić information content (AvgIpc) is 2.54. The lowest BCUT2D eigenvalue weighted by molar-refractivity contribution is -0.126. The highest BCUT2D eigenvalue weighted by Crippen LogP contribution is 2.36. The van der Waals surface area contributed by atoms with E-state index in [2.05, 4.69) is 45.0 Å². The first-order valence-electron chi connectivity index (χ1n) is 8.37. The Labute approximate surface area is 143 Å². The Morgan fingerprint density at radius 3 is 2.54 bits per heavy atom. The summed E-state index contributed by atoms with van der Waals surface area (Å²) in [5.74, 6) is 1.09. The van der Waals surface area contributed by atoms with Crippen molar-refractivity contribution in [3.63, 3.8) is 0 Å². The van der Waals surface area contributed by atoms with Crippen LogP contribution in [0.2, 0.25) is 0 Å². The fourth-order valence-electron chi connectivity index (χ4n) is 2.96. The van der Waals surface area contributed by atoms with E-state index in [1.807, 2.05) is 23.1 Å². The second-order valence-electron chi connectivity index (χ2n) is 6.87. The Morgan fingerprint density at radius 2 is 1.88 bits per heavy atom. The van der Waals surface area contributed by atoms with E-state index in [4.69, 9.17) is 10.5 Å². The van der Waals surface area contributed by atoms with Gasteiger partial charge in [-0.05, 0) is 36.6 Å². The molecular formula is C20H24N2O2. The van der Waals surface area contributed by atoms with Crippen LogP contribution in [0, 0.1) is 12.8 Å². The largest absolute Gasteiger partial charge is 0.478 e. The van der Waals surface area contributed by atoms with E-state index in [9.17, 15) is 4.79 Å². The van der Waals surface area contributed by atoms with Gasteiger partial charge in [-0.2, -0.15) is 0 Å². The number of amides is 1. The van der Waals surface area contributed by atoms with E-state index < -0.39 is 6.10 Å². The minimum Gasteiger partial charge on any atom is -0.478 e. The van der Waals surface area contributed by atoms with Crippen LogP contribution in [-0.2, 0) is 11.2 Å². The zero-order chi connectivity index (χ0) is 17.3. The van der Waals surface area contributed by atoms with Crippen molar-refractivity contribution < 1.29 is 9.53 Å². The molecule has 1 aliphatic rings. The summed E-state index contributed by atoms with van der Waals surface area (Å²) in [5, 5.41) is 0. The molecule has 0 radical (unpaired) electrons. The Bertz CT molecular complexity index is 738. The molecular weight excluding hydrogens is 300 g/mol. The van der Waals surface area contributed by atoms with Crippen LogP contribution >= 0.6 is 0 Å². The van der Waals surface area contributed by atoms with Crippen LogP contribution in [0.5, 0.6) is 5.75 Å². The summed E-state index contributed by atoms with van der Waals surface area (Å²) in [4.78, 5) is 14.8. The van der Waals surface area contributed by atoms with E-state index >= 15 is 0 Å². The van der Waals surface area contributed by atoms with Gasteiger partial charge >= 0.3 is 0 Å². The molecule has 0 fully saturated rings. The molecule has 1 aliphatic heterocycles. The Hall–Kier alpha value is -2.49. The van der Waals surface area contributed by atoms with Crippen molar-refractivity contribution in [1.29, 1.82) is 0 Å². The number of ether oxygens (including phenoxy) is 1. The second kappa shape index (κ2) is 6.56. The lowest BCUT2D eigenvalue weighted by Gasteiger charge is -2.35. The third-order valence-electron chi connectivity index (χ3n) is 4.17. The summed E-state index contributed by atoms with van der Waals surface area (Å²) in [7, 11) is 0. The molecule has 1 heterocycles. The van der Waals surface area contributed by atoms with Gasteiger partial charge in [0.25, 0.3) is 5.91 Å². The molecule has 0 saturated heterocycles. The van der Waals surface area contributed by atoms with Crippen LogP contribution in [-0.4, -0.2) is 18.6 Å². The number of nitrogens with zero attached hydrogens (tertiary/aromatic N) is 1. The fourth-order valence-corrected chi connectivity index (χ4v) is 2.96. The molecule has 2 N–H and O–H groups in total. The molecule has 1 atom stereocenters. The standard InChI is InChI=1S/C20H24N2O2/c1-13(2)12-22-17-11-16(21)8-9-18(17)24-19(20(22)23)10-15-6-4-14(3)5-7-15/h4-9,11,13,19H,10,12,21H2,1-3H3. The maximum atomic E-state index is 13.0. The van der Waals surface area contributed by atoms with Crippen molar-refractivity contribution in [3.8, 4) is 5.75 Å². The van der Waals surface area contributed by atoms with Crippen LogP contribution in [0.4, 0.5) is 11.4 Å². The Kier molecular flexibility index (Phi) is 4.47. The zero-order valence-electron chi connectivity index (χ0n) is 14.5. The number of aryl methyl sites for hydroxylation is 1. The van der Waals surface area contributed by atoms with Gasteiger partial charge in [0.2, 0.25) is 0 Å². The molecule has 2 aromatic carbocycles. The quantitative estimate of drug-likeness (QED) is 0.875. The van der Waals surface area contributed by atoms with Crippen molar-refractivity contribution in [2.45, 2.75) is 33.3 Å². The summed E-state index contributed by atoms with van der Waals surface area (Å²) in [5.41, 5.74) is 9.61. The molecule has 126 valence electrons. The van der Waals surface area contributed by atoms with Gasteiger partial charge < -0.3 is 15.4 Å². The minimum atomic E-state index is -0.498. The molecule has 0 spiro atoms. The third kappa shape index (κ3) is 3.37. The van der Waals surface area contributed by atoms with E-state index in [0.29, 0.717) is 24.6 Å². The van der Waals surface area contributed by atoms with Crippen LogP contribution < -0.4 is 15.4 Å². The number of nitrogen functional groups attached to an aromatic ring is 1. The van der Waals surface area contributed by atoms with Gasteiger partial charge in [-0.15, -0.1) is 0 Å². The lowest BCUT2D eigenvalue weighted by Crippen LogP contribution is -2.48.